The van der Waals surface area contributed by atoms with Gasteiger partial charge in [-0.15, -0.1) is 5.10 Å². The number of carbonyl (C=O) groups is 4. The number of hydrogen-bond donors (Lipinski definition) is 2. The third-order valence-corrected chi connectivity index (χ3v) is 9.06. The molecule has 0 unspecified atom stereocenters. The summed E-state index contributed by atoms with van der Waals surface area (Å²) in [5.74, 6) is -1.87. The van der Waals surface area contributed by atoms with Crippen molar-refractivity contribution >= 4 is 23.9 Å². The predicted octanol–water partition coefficient (Wildman–Crippen LogP) is 2.27. The Bertz CT molecular complexity index is 1540. The Morgan fingerprint density at radius 3 is 2.11 bits per heavy atom. The number of aliphatic hydroxyl groups is 1. The first kappa shape index (κ1) is 41.5. The zero-order chi connectivity index (χ0) is 38.7. The fraction of sp³-hybridized carbons (Fsp3) is 0.649. The zero-order valence-corrected chi connectivity index (χ0v) is 31.8. The first-order chi connectivity index (χ1) is 25.2. The van der Waals surface area contributed by atoms with Crippen LogP contribution in [0, 0.1) is 6.92 Å². The molecule has 0 saturated carbocycles. The first-order valence-corrected chi connectivity index (χ1v) is 18.1. The van der Waals surface area contributed by atoms with Crippen molar-refractivity contribution in [3.8, 4) is 11.6 Å². The molecule has 53 heavy (non-hydrogen) atoms. The van der Waals surface area contributed by atoms with Gasteiger partial charge in [0, 0.05) is 84.6 Å². The standard InChI is InChI=1S/C37H54N4O12/c1-22(2)32-30(20-28-9-10-29(19-23(28)3)47-18-8-11-40-12-14-41(15-13-40)16-17-42)36(39-38-32)53-37-35(51-27(7)46)34(50-26(6)45)33(49-25(5)44)31(52-37)21-48-24(4)43/h9-10,19,22,31,33-35,37,42H,8,11-18,20-21H2,1-7H3,(H,38,39)/t31-,33-,34+,35-,37+/m1/s1. The van der Waals surface area contributed by atoms with Crippen molar-refractivity contribution in [2.75, 3.05) is 59.1 Å². The van der Waals surface area contributed by atoms with Crippen LogP contribution < -0.4 is 9.47 Å². The lowest BCUT2D eigenvalue weighted by Crippen LogP contribution is -2.63. The number of aromatic amines is 1. The van der Waals surface area contributed by atoms with Gasteiger partial charge in [0.05, 0.1) is 13.2 Å². The van der Waals surface area contributed by atoms with E-state index in [4.69, 9.17) is 38.3 Å². The summed E-state index contributed by atoms with van der Waals surface area (Å²) in [7, 11) is 0. The third-order valence-electron chi connectivity index (χ3n) is 9.06. The molecule has 0 amide bonds. The topological polar surface area (TPSA) is 188 Å². The molecule has 16 nitrogen and oxygen atoms in total. The lowest BCUT2D eigenvalue weighted by molar-refractivity contribution is -0.289. The Labute approximate surface area is 310 Å². The van der Waals surface area contributed by atoms with Crippen molar-refractivity contribution in [2.45, 2.75) is 97.9 Å². The molecule has 2 aromatic rings. The number of carbonyl (C=O) groups excluding carboxylic acids is 4. The van der Waals surface area contributed by atoms with E-state index in [1.165, 1.54) is 13.8 Å². The first-order valence-electron chi connectivity index (χ1n) is 18.1. The molecule has 2 aliphatic rings. The minimum Gasteiger partial charge on any atom is -0.494 e. The molecule has 294 valence electrons. The Morgan fingerprint density at radius 2 is 1.53 bits per heavy atom. The molecule has 2 N–H and O–H groups in total. The molecule has 0 bridgehead atoms. The number of ether oxygens (including phenoxy) is 7. The van der Waals surface area contributed by atoms with Crippen molar-refractivity contribution in [3.63, 3.8) is 0 Å². The number of aromatic nitrogens is 2. The van der Waals surface area contributed by atoms with Crippen LogP contribution >= 0.6 is 0 Å². The summed E-state index contributed by atoms with van der Waals surface area (Å²) in [5, 5.41) is 16.7. The molecule has 2 saturated heterocycles. The fourth-order valence-corrected chi connectivity index (χ4v) is 6.50. The van der Waals surface area contributed by atoms with Gasteiger partial charge in [-0.25, -0.2) is 0 Å². The third kappa shape index (κ3) is 12.1. The van der Waals surface area contributed by atoms with Gasteiger partial charge in [-0.05, 0) is 42.5 Å². The summed E-state index contributed by atoms with van der Waals surface area (Å²) < 4.78 is 40.4. The Kier molecular flexibility index (Phi) is 15.4. The van der Waals surface area contributed by atoms with Gasteiger partial charge in [0.1, 0.15) is 18.5 Å². The average molecular weight is 747 g/mol. The second-order valence-corrected chi connectivity index (χ2v) is 13.6. The van der Waals surface area contributed by atoms with Crippen molar-refractivity contribution < 1.29 is 57.4 Å². The van der Waals surface area contributed by atoms with Crippen LogP contribution in [0.2, 0.25) is 0 Å². The lowest BCUT2D eigenvalue weighted by Gasteiger charge is -2.43. The van der Waals surface area contributed by atoms with E-state index in [0.29, 0.717) is 13.0 Å². The molecule has 0 radical (unpaired) electrons. The molecule has 0 spiro atoms. The number of benzene rings is 1. The Hall–Kier alpha value is -4.25. The molecule has 5 atom stereocenters. The highest BCUT2D eigenvalue weighted by atomic mass is 16.7. The summed E-state index contributed by atoms with van der Waals surface area (Å²) in [5.41, 5.74) is 3.52. The smallest absolute Gasteiger partial charge is 0.303 e. The van der Waals surface area contributed by atoms with Crippen molar-refractivity contribution in [1.29, 1.82) is 0 Å². The highest BCUT2D eigenvalue weighted by Crippen LogP contribution is 2.35. The van der Waals surface area contributed by atoms with Crippen molar-refractivity contribution in [1.82, 2.24) is 20.0 Å². The van der Waals surface area contributed by atoms with Gasteiger partial charge >= 0.3 is 23.9 Å². The highest BCUT2D eigenvalue weighted by molar-refractivity contribution is 5.68. The minimum absolute atomic E-state index is 0.0193. The van der Waals surface area contributed by atoms with Crippen LogP contribution in [-0.2, 0) is 49.3 Å². The number of nitrogens with one attached hydrogen (secondary N) is 1. The van der Waals surface area contributed by atoms with E-state index in [1.807, 2.05) is 39.0 Å². The predicted molar refractivity (Wildman–Crippen MR) is 189 cm³/mol. The Morgan fingerprint density at radius 1 is 0.906 bits per heavy atom. The lowest BCUT2D eigenvalue weighted by atomic mass is 9.96. The van der Waals surface area contributed by atoms with Gasteiger partial charge in [0.25, 0.3) is 0 Å². The van der Waals surface area contributed by atoms with E-state index in [0.717, 1.165) is 87.7 Å². The van der Waals surface area contributed by atoms with Crippen LogP contribution in [-0.4, -0.2) is 139 Å². The van der Waals surface area contributed by atoms with Crippen LogP contribution in [0.4, 0.5) is 0 Å². The maximum absolute atomic E-state index is 12.3. The van der Waals surface area contributed by atoms with Crippen molar-refractivity contribution in [2.24, 2.45) is 0 Å². The van der Waals surface area contributed by atoms with Gasteiger partial charge < -0.3 is 43.2 Å². The number of aryl methyl sites for hydroxylation is 1. The number of aliphatic hydroxyl groups excluding tert-OH is 1. The molecule has 2 aliphatic heterocycles. The van der Waals surface area contributed by atoms with Crippen LogP contribution in [0.5, 0.6) is 11.6 Å². The van der Waals surface area contributed by atoms with Crippen molar-refractivity contribution in [3.05, 3.63) is 40.6 Å². The second kappa shape index (κ2) is 19.7. The summed E-state index contributed by atoms with van der Waals surface area (Å²) in [6, 6.07) is 5.93. The van der Waals surface area contributed by atoms with Crippen LogP contribution in [0.3, 0.4) is 0 Å². The normalized spacial score (nSPS) is 22.2. The van der Waals surface area contributed by atoms with Gasteiger partial charge in [-0.1, -0.05) is 19.9 Å². The number of rotatable bonds is 17. The average Bonchev–Trinajstić information content (AvgIpc) is 3.48. The van der Waals surface area contributed by atoms with Gasteiger partial charge in [-0.3, -0.25) is 29.2 Å². The zero-order valence-electron chi connectivity index (χ0n) is 31.8. The molecule has 3 heterocycles. The monoisotopic (exact) mass is 746 g/mol. The molecule has 1 aromatic heterocycles. The van der Waals surface area contributed by atoms with Gasteiger partial charge in [0.2, 0.25) is 18.3 Å². The molecule has 0 aliphatic carbocycles. The molecule has 16 heteroatoms. The molecule has 4 rings (SSSR count). The van der Waals surface area contributed by atoms with E-state index in [-0.39, 0.29) is 25.0 Å². The quantitative estimate of drug-likeness (QED) is 0.136. The van der Waals surface area contributed by atoms with Gasteiger partial charge in [-0.2, -0.15) is 0 Å². The number of nitrogens with zero attached hydrogens (tertiary/aromatic N) is 3. The second-order valence-electron chi connectivity index (χ2n) is 13.6. The summed E-state index contributed by atoms with van der Waals surface area (Å²) in [6.45, 7) is 16.7. The molecule has 1 aromatic carbocycles. The Balaban J connectivity index is 1.52. The SMILES string of the molecule is CC(=O)OC[C@H]1O[C@@H](Oc2n[nH]c(C(C)C)c2Cc2ccc(OCCCN3CCN(CCO)CC3)cc2C)[C@H](OC(C)=O)[C@@H](OC(C)=O)[C@@H]1OC(C)=O. The molecule has 2 fully saturated rings. The number of H-pyrrole nitrogens is 1. The minimum atomic E-state index is -1.42. The summed E-state index contributed by atoms with van der Waals surface area (Å²) >= 11 is 0. The maximum atomic E-state index is 12.3. The van der Waals surface area contributed by atoms with Crippen LogP contribution in [0.15, 0.2) is 18.2 Å². The van der Waals surface area contributed by atoms with E-state index in [2.05, 4.69) is 20.0 Å². The van der Waals surface area contributed by atoms with Crippen LogP contribution in [0.1, 0.15) is 76.3 Å². The van der Waals surface area contributed by atoms with E-state index in [9.17, 15) is 19.2 Å². The summed E-state index contributed by atoms with van der Waals surface area (Å²) in [4.78, 5) is 53.1. The number of esters is 4. The van der Waals surface area contributed by atoms with E-state index < -0.39 is 54.6 Å². The fourth-order valence-electron chi connectivity index (χ4n) is 6.50. The molecular weight excluding hydrogens is 692 g/mol. The van der Waals surface area contributed by atoms with E-state index in [1.54, 1.807) is 0 Å². The van der Waals surface area contributed by atoms with Gasteiger partial charge in [0.15, 0.2) is 12.2 Å². The summed E-state index contributed by atoms with van der Waals surface area (Å²) in [6.07, 6.45) is -5.33. The number of hydrogen-bond acceptors (Lipinski definition) is 15. The maximum Gasteiger partial charge on any atom is 0.303 e. The largest absolute Gasteiger partial charge is 0.494 e. The molecular formula is C37H54N4O12. The highest BCUT2D eigenvalue weighted by Gasteiger charge is 2.53. The number of β-amino-alcohol motifs (C(OH)–C–C–N with tert-alkyl or cyclic N) is 1. The van der Waals surface area contributed by atoms with E-state index >= 15 is 0 Å². The number of piperazine rings is 1. The van der Waals surface area contributed by atoms with Crippen LogP contribution in [0.25, 0.3) is 0 Å².